The van der Waals surface area contributed by atoms with E-state index in [1.54, 1.807) is 42.7 Å². The average Bonchev–Trinajstić information content (AvgIpc) is 3.40. The average molecular weight is 1020 g/mol. The summed E-state index contributed by atoms with van der Waals surface area (Å²) in [4.78, 5) is 66.4. The Bertz CT molecular complexity index is 3500. The van der Waals surface area contributed by atoms with Gasteiger partial charge in [-0.3, -0.25) is 29.1 Å². The van der Waals surface area contributed by atoms with Crippen LogP contribution >= 0.6 is 0 Å². The Morgan fingerprint density at radius 2 is 0.973 bits per heavy atom. The first-order chi connectivity index (χ1) is 36.1. The van der Waals surface area contributed by atoms with Crippen molar-refractivity contribution < 1.29 is 47.5 Å². The van der Waals surface area contributed by atoms with Crippen LogP contribution in [0.5, 0.6) is 40.4 Å². The van der Waals surface area contributed by atoms with Crippen LogP contribution in [0.15, 0.2) is 77.6 Å². The molecule has 17 heteroatoms. The number of carbonyl (C=O) groups excluding carboxylic acids is 3. The maximum atomic E-state index is 13.4. The van der Waals surface area contributed by atoms with Gasteiger partial charge in [-0.15, -0.1) is 0 Å². The molecule has 0 bridgehead atoms. The fourth-order valence-corrected chi connectivity index (χ4v) is 9.10. The molecule has 0 atom stereocenters. The van der Waals surface area contributed by atoms with E-state index in [-0.39, 0.29) is 36.3 Å². The number of methoxy groups -OCH3 is 6. The van der Waals surface area contributed by atoms with Gasteiger partial charge in [0, 0.05) is 83.4 Å². The number of carbonyl (C=O) groups is 3. The van der Waals surface area contributed by atoms with Gasteiger partial charge in [0.05, 0.1) is 72.5 Å². The van der Waals surface area contributed by atoms with E-state index in [2.05, 4.69) is 41.6 Å². The lowest BCUT2D eigenvalue weighted by Crippen LogP contribution is -2.24. The predicted octanol–water partition coefficient (Wildman–Crippen LogP) is 9.20. The lowest BCUT2D eigenvalue weighted by atomic mass is 9.95. The van der Waals surface area contributed by atoms with E-state index in [0.29, 0.717) is 58.4 Å². The summed E-state index contributed by atoms with van der Waals surface area (Å²) < 4.78 is 38.7. The van der Waals surface area contributed by atoms with Gasteiger partial charge in [-0.05, 0) is 108 Å². The second-order valence-corrected chi connectivity index (χ2v) is 17.8. The van der Waals surface area contributed by atoms with Gasteiger partial charge in [-0.25, -0.2) is 4.98 Å². The SMILES string of the molecule is CCCc1nc2ccc(OC)cc2cc1Cc1c(=O)[nH]c(CNC(C)=O)c2cc(OC)c(OC)cc12.CCCc1nc2ccc(OC)cc2cc1Cc1c(OC(C)=O)nc(CNC(C)=O)c2cc(OC)c(OC)cc12. The highest BCUT2D eigenvalue weighted by Gasteiger charge is 2.23. The first-order valence-corrected chi connectivity index (χ1v) is 24.6. The van der Waals surface area contributed by atoms with Crippen LogP contribution < -0.4 is 49.4 Å². The van der Waals surface area contributed by atoms with Crippen molar-refractivity contribution in [1.29, 1.82) is 0 Å². The fourth-order valence-electron chi connectivity index (χ4n) is 9.10. The normalized spacial score (nSPS) is 11.0. The van der Waals surface area contributed by atoms with Gasteiger partial charge in [-0.2, -0.15) is 0 Å². The summed E-state index contributed by atoms with van der Waals surface area (Å²) in [5.41, 5.74) is 7.87. The van der Waals surface area contributed by atoms with E-state index in [0.717, 1.165) is 103 Å². The Kier molecular flexibility index (Phi) is 17.7. The van der Waals surface area contributed by atoms with Crippen molar-refractivity contribution in [2.24, 2.45) is 0 Å². The number of pyridine rings is 4. The zero-order chi connectivity index (χ0) is 53.9. The maximum absolute atomic E-state index is 13.4. The number of nitrogens with zero attached hydrogens (tertiary/aromatic N) is 3. The Hall–Kier alpha value is -8.47. The van der Waals surface area contributed by atoms with Crippen LogP contribution in [0.2, 0.25) is 0 Å². The number of H-pyrrole nitrogens is 1. The summed E-state index contributed by atoms with van der Waals surface area (Å²) in [5, 5.41) is 10.5. The molecule has 2 amide bonds. The minimum atomic E-state index is -0.496. The molecule has 17 nitrogen and oxygen atoms in total. The number of hydrogen-bond donors (Lipinski definition) is 3. The zero-order valence-corrected chi connectivity index (χ0v) is 44.4. The van der Waals surface area contributed by atoms with Crippen molar-refractivity contribution in [3.8, 4) is 40.4 Å². The molecule has 4 aromatic heterocycles. The number of ether oxygens (including phenoxy) is 7. The van der Waals surface area contributed by atoms with Gasteiger partial charge >= 0.3 is 5.97 Å². The molecule has 4 heterocycles. The third kappa shape index (κ3) is 12.5. The topological polar surface area (TPSA) is 211 Å². The van der Waals surface area contributed by atoms with Crippen LogP contribution in [0.25, 0.3) is 43.4 Å². The third-order valence-corrected chi connectivity index (χ3v) is 12.7. The Morgan fingerprint density at radius 3 is 1.43 bits per heavy atom. The van der Waals surface area contributed by atoms with Crippen LogP contribution in [0, 0.1) is 0 Å². The molecule has 0 aliphatic carbocycles. The Balaban J connectivity index is 0.000000219. The number of rotatable bonds is 19. The standard InChI is InChI=1S/C30H33N3O6.C28H31N3O5/c1-7-8-25-20(11-19-12-21(36-4)9-10-26(19)32-25)13-24-22-14-28(37-5)29(38-6)15-23(22)27(16-31-17(2)34)33-30(24)39-18(3)35;1-6-7-23-18(10-17-11-19(34-3)8-9-24(17)30-23)12-22-20-13-26(35-4)27(36-5)14-21(20)25(31-28(22)33)15-29-16(2)32/h9-12,14-15H,7-8,13,16H2,1-6H3,(H,31,34);8-11,13-14H,6-7,12,15H2,1-5H3,(H,29,32)(H,31,33). The zero-order valence-electron chi connectivity index (χ0n) is 44.4. The number of aryl methyl sites for hydroxylation is 2. The summed E-state index contributed by atoms with van der Waals surface area (Å²) in [7, 11) is 9.52. The van der Waals surface area contributed by atoms with Crippen molar-refractivity contribution in [2.45, 2.75) is 86.2 Å². The van der Waals surface area contributed by atoms with Crippen molar-refractivity contribution in [1.82, 2.24) is 30.6 Å². The molecule has 0 radical (unpaired) electrons. The van der Waals surface area contributed by atoms with E-state index in [4.69, 9.17) is 48.1 Å². The van der Waals surface area contributed by atoms with E-state index >= 15 is 0 Å². The molecule has 0 fully saturated rings. The molecule has 0 saturated carbocycles. The quantitative estimate of drug-likeness (QED) is 0.0645. The molecule has 75 heavy (non-hydrogen) atoms. The van der Waals surface area contributed by atoms with Crippen molar-refractivity contribution >= 4 is 61.1 Å². The summed E-state index contributed by atoms with van der Waals surface area (Å²) in [6.07, 6.45) is 4.21. The summed E-state index contributed by atoms with van der Waals surface area (Å²) >= 11 is 0. The molecule has 0 aliphatic heterocycles. The summed E-state index contributed by atoms with van der Waals surface area (Å²) in [5.74, 6) is 2.89. The number of hydrogen-bond acceptors (Lipinski definition) is 14. The van der Waals surface area contributed by atoms with Crippen LogP contribution in [0.1, 0.15) is 92.5 Å². The smallest absolute Gasteiger partial charge is 0.309 e. The van der Waals surface area contributed by atoms with E-state index in [1.165, 1.54) is 20.8 Å². The molecular weight excluding hydrogens is 957 g/mol. The molecule has 0 saturated heterocycles. The largest absolute Gasteiger partial charge is 0.497 e. The van der Waals surface area contributed by atoms with E-state index < -0.39 is 5.97 Å². The Morgan fingerprint density at radius 1 is 0.520 bits per heavy atom. The van der Waals surface area contributed by atoms with Crippen LogP contribution in [-0.4, -0.2) is 80.4 Å². The Labute approximate surface area is 435 Å². The van der Waals surface area contributed by atoms with E-state index in [9.17, 15) is 19.2 Å². The molecule has 8 aromatic rings. The molecule has 0 aliphatic rings. The summed E-state index contributed by atoms with van der Waals surface area (Å²) in [6, 6.07) is 23.1. The lowest BCUT2D eigenvalue weighted by Gasteiger charge is -2.19. The van der Waals surface area contributed by atoms with Crippen molar-refractivity contribution in [2.75, 3.05) is 42.7 Å². The van der Waals surface area contributed by atoms with Crippen LogP contribution in [0.4, 0.5) is 0 Å². The fraction of sp³-hybridized carbons (Fsp3) is 0.328. The highest BCUT2D eigenvalue weighted by atomic mass is 16.5. The highest BCUT2D eigenvalue weighted by Crippen LogP contribution is 2.40. The second kappa shape index (κ2) is 24.5. The van der Waals surface area contributed by atoms with Gasteiger partial charge in [0.25, 0.3) is 5.56 Å². The minimum Gasteiger partial charge on any atom is -0.497 e. The van der Waals surface area contributed by atoms with Gasteiger partial charge in [0.2, 0.25) is 17.7 Å². The van der Waals surface area contributed by atoms with Gasteiger partial charge < -0.3 is 48.8 Å². The third-order valence-electron chi connectivity index (χ3n) is 12.7. The molecule has 8 rings (SSSR count). The van der Waals surface area contributed by atoms with Crippen LogP contribution in [-0.2, 0) is 53.2 Å². The molecule has 4 aromatic carbocycles. The van der Waals surface area contributed by atoms with Crippen molar-refractivity contribution in [3.05, 3.63) is 128 Å². The molecule has 392 valence electrons. The first kappa shape index (κ1) is 54.3. The van der Waals surface area contributed by atoms with E-state index in [1.807, 2.05) is 60.7 Å². The second-order valence-electron chi connectivity index (χ2n) is 17.8. The number of nitrogens with one attached hydrogen (secondary N) is 3. The van der Waals surface area contributed by atoms with Gasteiger partial charge in [0.1, 0.15) is 11.5 Å². The number of aromatic nitrogens is 4. The number of esters is 1. The number of amides is 2. The number of fused-ring (bicyclic) bond motifs is 4. The first-order valence-electron chi connectivity index (χ1n) is 24.6. The van der Waals surface area contributed by atoms with Crippen LogP contribution in [0.3, 0.4) is 0 Å². The molecule has 0 spiro atoms. The summed E-state index contributed by atoms with van der Waals surface area (Å²) in [6.45, 7) is 8.77. The molecule has 0 unspecified atom stereocenters. The molecule has 3 N–H and O–H groups in total. The van der Waals surface area contributed by atoms with Gasteiger partial charge in [0.15, 0.2) is 23.0 Å². The lowest BCUT2D eigenvalue weighted by molar-refractivity contribution is -0.132. The molecular formula is C58H64N6O11. The predicted molar refractivity (Wildman–Crippen MR) is 289 cm³/mol. The monoisotopic (exact) mass is 1020 g/mol. The van der Waals surface area contributed by atoms with Crippen molar-refractivity contribution in [3.63, 3.8) is 0 Å². The maximum Gasteiger partial charge on any atom is 0.309 e. The highest BCUT2D eigenvalue weighted by molar-refractivity contribution is 5.94. The van der Waals surface area contributed by atoms with Gasteiger partial charge in [-0.1, -0.05) is 26.7 Å². The minimum absolute atomic E-state index is 0.147. The number of benzene rings is 4. The number of aromatic amines is 1.